The summed E-state index contributed by atoms with van der Waals surface area (Å²) < 4.78 is 1.20. The smallest absolute Gasteiger partial charge is 0.0701 e. The Hall–Kier alpha value is -0.710. The third-order valence-corrected chi connectivity index (χ3v) is 4.76. The molecule has 0 radical (unpaired) electrons. The Labute approximate surface area is 127 Å². The molecule has 0 aromatic carbocycles. The highest BCUT2D eigenvalue weighted by Crippen LogP contribution is 2.27. The third-order valence-electron chi connectivity index (χ3n) is 3.11. The zero-order valence-corrected chi connectivity index (χ0v) is 13.7. The van der Waals surface area contributed by atoms with Gasteiger partial charge in [0.25, 0.3) is 0 Å². The van der Waals surface area contributed by atoms with Gasteiger partial charge in [0.1, 0.15) is 0 Å². The van der Waals surface area contributed by atoms with Crippen LogP contribution in [0.1, 0.15) is 35.4 Å². The molecule has 2 aromatic heterocycles. The quantitative estimate of drug-likeness (QED) is 0.838. The summed E-state index contributed by atoms with van der Waals surface area (Å²) in [4.78, 5) is 5.59. The van der Waals surface area contributed by atoms with Crippen molar-refractivity contribution in [2.75, 3.05) is 6.54 Å². The van der Waals surface area contributed by atoms with Crippen molar-refractivity contribution in [1.82, 2.24) is 10.3 Å². The molecule has 0 bridgehead atoms. The average molecular weight is 339 g/mol. The lowest BCUT2D eigenvalue weighted by Gasteiger charge is -2.20. The number of aryl methyl sites for hydroxylation is 1. The van der Waals surface area contributed by atoms with Crippen molar-refractivity contribution in [1.29, 1.82) is 0 Å². The minimum atomic E-state index is 0.369. The van der Waals surface area contributed by atoms with Crippen LogP contribution in [-0.2, 0) is 6.42 Å². The van der Waals surface area contributed by atoms with Gasteiger partial charge in [0, 0.05) is 29.7 Å². The van der Waals surface area contributed by atoms with Crippen molar-refractivity contribution < 1.29 is 0 Å². The van der Waals surface area contributed by atoms with Crippen molar-refractivity contribution in [3.63, 3.8) is 0 Å². The Morgan fingerprint density at radius 1 is 1.37 bits per heavy atom. The largest absolute Gasteiger partial charge is 0.310 e. The lowest BCUT2D eigenvalue weighted by molar-refractivity contribution is 0.529. The van der Waals surface area contributed by atoms with E-state index < -0.39 is 0 Å². The second-order valence-corrected chi connectivity index (χ2v) is 7.20. The van der Waals surface area contributed by atoms with Crippen LogP contribution in [0.4, 0.5) is 0 Å². The lowest BCUT2D eigenvalue weighted by atomic mass is 10.00. The standard InChI is InChI=1S/C15H19BrN2S/c1-3-7-18-14(9-12-4-5-15(16)19-12)13-6-8-17-10-11(13)2/h4-6,8,10,14,18H,3,7,9H2,1-2H3. The molecule has 0 saturated heterocycles. The summed E-state index contributed by atoms with van der Waals surface area (Å²) in [5.41, 5.74) is 2.61. The fourth-order valence-electron chi connectivity index (χ4n) is 2.15. The first kappa shape index (κ1) is 14.7. The molecular weight excluding hydrogens is 320 g/mol. The van der Waals surface area contributed by atoms with Gasteiger partial charge in [-0.25, -0.2) is 0 Å². The van der Waals surface area contributed by atoms with Crippen LogP contribution in [0.15, 0.2) is 34.4 Å². The Morgan fingerprint density at radius 2 is 2.21 bits per heavy atom. The van der Waals surface area contributed by atoms with E-state index in [1.165, 1.54) is 19.8 Å². The summed E-state index contributed by atoms with van der Waals surface area (Å²) >= 11 is 5.34. The molecule has 2 heterocycles. The molecule has 102 valence electrons. The number of halogens is 1. The van der Waals surface area contributed by atoms with Gasteiger partial charge in [-0.3, -0.25) is 4.98 Å². The molecule has 2 rings (SSSR count). The molecule has 2 nitrogen and oxygen atoms in total. The highest BCUT2D eigenvalue weighted by Gasteiger charge is 2.14. The number of pyridine rings is 1. The highest BCUT2D eigenvalue weighted by molar-refractivity contribution is 9.11. The molecule has 4 heteroatoms. The van der Waals surface area contributed by atoms with E-state index in [0.29, 0.717) is 6.04 Å². The summed E-state index contributed by atoms with van der Waals surface area (Å²) in [5, 5.41) is 3.65. The van der Waals surface area contributed by atoms with Crippen LogP contribution in [0, 0.1) is 6.92 Å². The predicted octanol–water partition coefficient (Wildman–Crippen LogP) is 4.50. The summed E-state index contributed by atoms with van der Waals surface area (Å²) in [6, 6.07) is 6.82. The summed E-state index contributed by atoms with van der Waals surface area (Å²) in [7, 11) is 0. The molecular formula is C15H19BrN2S. The molecule has 2 aromatic rings. The predicted molar refractivity (Wildman–Crippen MR) is 85.7 cm³/mol. The van der Waals surface area contributed by atoms with Gasteiger partial charge in [-0.15, -0.1) is 11.3 Å². The minimum Gasteiger partial charge on any atom is -0.310 e. The molecule has 0 spiro atoms. The van der Waals surface area contributed by atoms with Gasteiger partial charge in [-0.1, -0.05) is 6.92 Å². The van der Waals surface area contributed by atoms with Crippen LogP contribution in [0.3, 0.4) is 0 Å². The van der Waals surface area contributed by atoms with Crippen molar-refractivity contribution >= 4 is 27.3 Å². The maximum atomic E-state index is 4.19. The number of hydrogen-bond acceptors (Lipinski definition) is 3. The molecule has 0 aliphatic heterocycles. The van der Waals surface area contributed by atoms with Gasteiger partial charge in [0.15, 0.2) is 0 Å². The van der Waals surface area contributed by atoms with E-state index in [-0.39, 0.29) is 0 Å². The van der Waals surface area contributed by atoms with E-state index in [0.717, 1.165) is 19.4 Å². The van der Waals surface area contributed by atoms with Crippen molar-refractivity contribution in [2.45, 2.75) is 32.7 Å². The molecule has 0 amide bonds. The van der Waals surface area contributed by atoms with Gasteiger partial charge in [0.05, 0.1) is 3.79 Å². The molecule has 0 saturated carbocycles. The Kier molecular flexibility index (Phi) is 5.55. The fourth-order valence-corrected chi connectivity index (χ4v) is 3.68. The number of thiophene rings is 1. The number of aromatic nitrogens is 1. The van der Waals surface area contributed by atoms with E-state index in [1.807, 2.05) is 23.7 Å². The normalized spacial score (nSPS) is 12.6. The second-order valence-electron chi connectivity index (χ2n) is 4.65. The second kappa shape index (κ2) is 7.17. The monoisotopic (exact) mass is 338 g/mol. The number of rotatable bonds is 6. The third kappa shape index (κ3) is 4.13. The fraction of sp³-hybridized carbons (Fsp3) is 0.400. The average Bonchev–Trinajstić information content (AvgIpc) is 2.81. The zero-order chi connectivity index (χ0) is 13.7. The van der Waals surface area contributed by atoms with Crippen LogP contribution >= 0.6 is 27.3 Å². The van der Waals surface area contributed by atoms with Gasteiger partial charge in [-0.2, -0.15) is 0 Å². The summed E-state index contributed by atoms with van der Waals surface area (Å²) in [6.45, 7) is 5.37. The van der Waals surface area contributed by atoms with E-state index in [1.54, 1.807) is 0 Å². The molecule has 19 heavy (non-hydrogen) atoms. The maximum absolute atomic E-state index is 4.19. The Balaban J connectivity index is 2.18. The molecule has 1 atom stereocenters. The van der Waals surface area contributed by atoms with Gasteiger partial charge < -0.3 is 5.32 Å². The summed E-state index contributed by atoms with van der Waals surface area (Å²) in [6.07, 6.45) is 6.00. The first-order valence-corrected chi connectivity index (χ1v) is 8.19. The highest BCUT2D eigenvalue weighted by atomic mass is 79.9. The minimum absolute atomic E-state index is 0.369. The lowest BCUT2D eigenvalue weighted by Crippen LogP contribution is -2.24. The van der Waals surface area contributed by atoms with Gasteiger partial charge >= 0.3 is 0 Å². The van der Waals surface area contributed by atoms with Crippen LogP contribution in [0.25, 0.3) is 0 Å². The van der Waals surface area contributed by atoms with E-state index in [2.05, 4.69) is 58.3 Å². The van der Waals surface area contributed by atoms with E-state index >= 15 is 0 Å². The SMILES string of the molecule is CCCNC(Cc1ccc(Br)s1)c1ccncc1C. The number of nitrogens with zero attached hydrogens (tertiary/aromatic N) is 1. The Bertz CT molecular complexity index is 524. The summed E-state index contributed by atoms with van der Waals surface area (Å²) in [5.74, 6) is 0. The van der Waals surface area contributed by atoms with Crippen molar-refractivity contribution in [2.24, 2.45) is 0 Å². The van der Waals surface area contributed by atoms with E-state index in [9.17, 15) is 0 Å². The first-order valence-electron chi connectivity index (χ1n) is 6.58. The van der Waals surface area contributed by atoms with Gasteiger partial charge in [-0.05, 0) is 65.1 Å². The van der Waals surface area contributed by atoms with Crippen LogP contribution < -0.4 is 5.32 Å². The van der Waals surface area contributed by atoms with E-state index in [4.69, 9.17) is 0 Å². The zero-order valence-electron chi connectivity index (χ0n) is 11.3. The number of nitrogens with one attached hydrogen (secondary N) is 1. The Morgan fingerprint density at radius 3 is 2.84 bits per heavy atom. The van der Waals surface area contributed by atoms with Crippen molar-refractivity contribution in [3.8, 4) is 0 Å². The van der Waals surface area contributed by atoms with Crippen molar-refractivity contribution in [3.05, 3.63) is 50.4 Å². The van der Waals surface area contributed by atoms with Gasteiger partial charge in [0.2, 0.25) is 0 Å². The molecule has 1 unspecified atom stereocenters. The van der Waals surface area contributed by atoms with Crippen LogP contribution in [0.2, 0.25) is 0 Å². The molecule has 0 aliphatic rings. The van der Waals surface area contributed by atoms with Crippen LogP contribution in [0.5, 0.6) is 0 Å². The molecule has 0 fully saturated rings. The maximum Gasteiger partial charge on any atom is 0.0701 e. The number of hydrogen-bond donors (Lipinski definition) is 1. The molecule has 1 N–H and O–H groups in total. The first-order chi connectivity index (χ1) is 9.20. The van der Waals surface area contributed by atoms with Crippen LogP contribution in [-0.4, -0.2) is 11.5 Å². The topological polar surface area (TPSA) is 24.9 Å². The molecule has 0 aliphatic carbocycles.